The van der Waals surface area contributed by atoms with Crippen molar-refractivity contribution in [3.63, 3.8) is 0 Å². The topological polar surface area (TPSA) is 93.2 Å². The fourth-order valence-electron chi connectivity index (χ4n) is 5.57. The van der Waals surface area contributed by atoms with E-state index in [1.54, 1.807) is 4.90 Å². The highest BCUT2D eigenvalue weighted by Gasteiger charge is 2.34. The summed E-state index contributed by atoms with van der Waals surface area (Å²) in [6.45, 7) is 11.6. The number of amides is 2. The SMILES string of the molecule is C[C@@H]1CN(C(=O)OC(C)(C)C)C[C@H](C)N1CC(=O)Nc1cccc(-c2ccc(OCc3ccccc3)nc2OCc2ccccc2)c1. The average molecular weight is 637 g/mol. The Hall–Kier alpha value is -4.89. The lowest BCUT2D eigenvalue weighted by molar-refractivity contribution is -0.119. The first kappa shape index (κ1) is 33.5. The minimum Gasteiger partial charge on any atom is -0.473 e. The number of nitrogens with one attached hydrogen (secondary N) is 1. The first-order chi connectivity index (χ1) is 22.5. The normalized spacial score (nSPS) is 16.7. The minimum atomic E-state index is -0.557. The number of anilines is 1. The van der Waals surface area contributed by atoms with Crippen LogP contribution in [0, 0.1) is 0 Å². The van der Waals surface area contributed by atoms with Crippen LogP contribution in [0.15, 0.2) is 97.1 Å². The van der Waals surface area contributed by atoms with Crippen LogP contribution >= 0.6 is 0 Å². The van der Waals surface area contributed by atoms with Crippen LogP contribution in [0.4, 0.5) is 10.5 Å². The number of aromatic nitrogens is 1. The van der Waals surface area contributed by atoms with Gasteiger partial charge in [-0.05, 0) is 69.5 Å². The predicted octanol–water partition coefficient (Wildman–Crippen LogP) is 7.17. The van der Waals surface area contributed by atoms with Crippen molar-refractivity contribution in [2.75, 3.05) is 25.0 Å². The van der Waals surface area contributed by atoms with Crippen LogP contribution in [0.5, 0.6) is 11.8 Å². The molecule has 0 radical (unpaired) electrons. The van der Waals surface area contributed by atoms with Gasteiger partial charge in [0, 0.05) is 42.5 Å². The summed E-state index contributed by atoms with van der Waals surface area (Å²) in [5, 5.41) is 3.06. The Balaban J connectivity index is 1.27. The van der Waals surface area contributed by atoms with Gasteiger partial charge in [-0.2, -0.15) is 4.98 Å². The van der Waals surface area contributed by atoms with Crippen LogP contribution in [0.3, 0.4) is 0 Å². The maximum atomic E-state index is 13.3. The number of piperazine rings is 1. The number of benzene rings is 3. The molecule has 47 heavy (non-hydrogen) atoms. The molecule has 9 nitrogen and oxygen atoms in total. The molecule has 1 saturated heterocycles. The quantitative estimate of drug-likeness (QED) is 0.197. The molecule has 2 amide bonds. The van der Waals surface area contributed by atoms with Crippen LogP contribution in [-0.2, 0) is 22.7 Å². The van der Waals surface area contributed by atoms with Crippen molar-refractivity contribution in [3.8, 4) is 22.9 Å². The Morgan fingerprint density at radius 3 is 2.04 bits per heavy atom. The number of carbonyl (C=O) groups excluding carboxylic acids is 2. The zero-order valence-corrected chi connectivity index (χ0v) is 27.8. The summed E-state index contributed by atoms with van der Waals surface area (Å²) in [6, 6.07) is 31.2. The second kappa shape index (κ2) is 15.1. The summed E-state index contributed by atoms with van der Waals surface area (Å²) < 4.78 is 17.8. The number of hydrogen-bond donors (Lipinski definition) is 1. The van der Waals surface area contributed by atoms with E-state index in [2.05, 4.69) is 10.2 Å². The smallest absolute Gasteiger partial charge is 0.410 e. The van der Waals surface area contributed by atoms with Gasteiger partial charge in [0.25, 0.3) is 0 Å². The van der Waals surface area contributed by atoms with E-state index in [9.17, 15) is 9.59 Å². The summed E-state index contributed by atoms with van der Waals surface area (Å²) in [7, 11) is 0. The lowest BCUT2D eigenvalue weighted by Crippen LogP contribution is -2.59. The van der Waals surface area contributed by atoms with E-state index in [4.69, 9.17) is 19.2 Å². The first-order valence-electron chi connectivity index (χ1n) is 16.0. The molecule has 4 aromatic rings. The van der Waals surface area contributed by atoms with Crippen molar-refractivity contribution < 1.29 is 23.8 Å². The molecule has 1 aromatic heterocycles. The Labute approximate surface area is 277 Å². The van der Waals surface area contributed by atoms with E-state index in [1.807, 2.05) is 132 Å². The van der Waals surface area contributed by atoms with Crippen LogP contribution < -0.4 is 14.8 Å². The van der Waals surface area contributed by atoms with E-state index in [0.717, 1.165) is 22.3 Å². The molecule has 9 heteroatoms. The molecule has 1 fully saturated rings. The van der Waals surface area contributed by atoms with E-state index < -0.39 is 5.60 Å². The Kier molecular flexibility index (Phi) is 10.8. The standard InChI is InChI=1S/C38H44N4O5/c1-27-22-41(37(44)47-38(3,4)5)23-28(2)42(27)24-34(43)39-32-18-12-17-31(21-32)33-19-20-35(45-25-29-13-8-6-9-14-29)40-36(33)46-26-30-15-10-7-11-16-30/h6-21,27-28H,22-26H2,1-5H3,(H,39,43)/t27-,28+. The van der Waals surface area contributed by atoms with Gasteiger partial charge in [0.1, 0.15) is 18.8 Å². The van der Waals surface area contributed by atoms with Crippen molar-refractivity contribution in [2.45, 2.75) is 65.5 Å². The molecule has 246 valence electrons. The highest BCUT2D eigenvalue weighted by molar-refractivity contribution is 5.93. The van der Waals surface area contributed by atoms with Gasteiger partial charge in [-0.25, -0.2) is 4.79 Å². The summed E-state index contributed by atoms with van der Waals surface area (Å²) in [4.78, 5) is 34.5. The van der Waals surface area contributed by atoms with Crippen molar-refractivity contribution in [1.82, 2.24) is 14.8 Å². The molecule has 2 heterocycles. The predicted molar refractivity (Wildman–Crippen MR) is 183 cm³/mol. The summed E-state index contributed by atoms with van der Waals surface area (Å²) in [6.07, 6.45) is -0.325. The third-order valence-corrected chi connectivity index (χ3v) is 7.82. The second-order valence-electron chi connectivity index (χ2n) is 12.9. The van der Waals surface area contributed by atoms with Crippen molar-refractivity contribution >= 4 is 17.7 Å². The summed E-state index contributed by atoms with van der Waals surface area (Å²) >= 11 is 0. The number of pyridine rings is 1. The van der Waals surface area contributed by atoms with Gasteiger partial charge in [0.2, 0.25) is 17.7 Å². The molecule has 0 aliphatic carbocycles. The molecular weight excluding hydrogens is 592 g/mol. The molecule has 0 unspecified atom stereocenters. The second-order valence-corrected chi connectivity index (χ2v) is 12.9. The molecule has 1 aliphatic rings. The highest BCUT2D eigenvalue weighted by Crippen LogP contribution is 2.33. The highest BCUT2D eigenvalue weighted by atomic mass is 16.6. The first-order valence-corrected chi connectivity index (χ1v) is 16.0. The maximum absolute atomic E-state index is 13.3. The molecule has 0 saturated carbocycles. The molecule has 0 spiro atoms. The van der Waals surface area contributed by atoms with E-state index >= 15 is 0 Å². The average Bonchev–Trinajstić information content (AvgIpc) is 3.04. The van der Waals surface area contributed by atoms with Gasteiger partial charge >= 0.3 is 6.09 Å². The van der Waals surface area contributed by atoms with Crippen molar-refractivity contribution in [3.05, 3.63) is 108 Å². The van der Waals surface area contributed by atoms with Gasteiger partial charge in [-0.3, -0.25) is 9.69 Å². The molecule has 5 rings (SSSR count). The van der Waals surface area contributed by atoms with Crippen LogP contribution in [0.2, 0.25) is 0 Å². The monoisotopic (exact) mass is 636 g/mol. The third-order valence-electron chi connectivity index (χ3n) is 7.82. The lowest BCUT2D eigenvalue weighted by Gasteiger charge is -2.44. The van der Waals surface area contributed by atoms with Crippen molar-refractivity contribution in [1.29, 1.82) is 0 Å². The van der Waals surface area contributed by atoms with E-state index in [1.165, 1.54) is 0 Å². The van der Waals surface area contributed by atoms with Gasteiger partial charge in [-0.1, -0.05) is 72.8 Å². The van der Waals surface area contributed by atoms with Crippen LogP contribution in [-0.4, -0.2) is 64.1 Å². The van der Waals surface area contributed by atoms with Crippen LogP contribution in [0.1, 0.15) is 45.7 Å². The minimum absolute atomic E-state index is 0.0126. The Morgan fingerprint density at radius 2 is 1.43 bits per heavy atom. The van der Waals surface area contributed by atoms with Crippen molar-refractivity contribution in [2.24, 2.45) is 0 Å². The fourth-order valence-corrected chi connectivity index (χ4v) is 5.57. The number of nitrogens with zero attached hydrogens (tertiary/aromatic N) is 3. The maximum Gasteiger partial charge on any atom is 0.410 e. The lowest BCUT2D eigenvalue weighted by atomic mass is 10.1. The van der Waals surface area contributed by atoms with E-state index in [0.29, 0.717) is 43.8 Å². The van der Waals surface area contributed by atoms with Gasteiger partial charge in [-0.15, -0.1) is 0 Å². The molecule has 1 aliphatic heterocycles. The largest absolute Gasteiger partial charge is 0.473 e. The molecule has 2 atom stereocenters. The van der Waals surface area contributed by atoms with Gasteiger partial charge < -0.3 is 24.4 Å². The fraction of sp³-hybridized carbons (Fsp3) is 0.342. The zero-order chi connectivity index (χ0) is 33.4. The molecule has 0 bridgehead atoms. The number of hydrogen-bond acceptors (Lipinski definition) is 7. The molecular formula is C38H44N4O5. The zero-order valence-electron chi connectivity index (χ0n) is 27.8. The number of ether oxygens (including phenoxy) is 3. The van der Waals surface area contributed by atoms with Gasteiger partial charge in [0.15, 0.2) is 0 Å². The third kappa shape index (κ3) is 9.56. The summed E-state index contributed by atoms with van der Waals surface area (Å²) in [5.41, 5.74) is 3.80. The Morgan fingerprint density at radius 1 is 0.809 bits per heavy atom. The van der Waals surface area contributed by atoms with Gasteiger partial charge in [0.05, 0.1) is 6.54 Å². The number of carbonyl (C=O) groups is 2. The number of rotatable bonds is 10. The van der Waals surface area contributed by atoms with E-state index in [-0.39, 0.29) is 30.6 Å². The summed E-state index contributed by atoms with van der Waals surface area (Å²) in [5.74, 6) is 0.767. The molecule has 3 aromatic carbocycles. The molecule has 1 N–H and O–H groups in total. The van der Waals surface area contributed by atoms with Crippen LogP contribution in [0.25, 0.3) is 11.1 Å². The Bertz CT molecular complexity index is 1630.